The van der Waals surface area contributed by atoms with Crippen LogP contribution in [0.15, 0.2) is 65.8 Å². The number of likely N-dealkylation sites (tertiary alicyclic amines) is 1. The average Bonchev–Trinajstić information content (AvgIpc) is 3.11. The van der Waals surface area contributed by atoms with E-state index in [-0.39, 0.29) is 35.3 Å². The zero-order chi connectivity index (χ0) is 34.0. The highest BCUT2D eigenvalue weighted by Crippen LogP contribution is 2.30. The number of carbonyl (C=O) groups excluding carboxylic acids is 3. The Labute approximate surface area is 286 Å². The second kappa shape index (κ2) is 14.4. The van der Waals surface area contributed by atoms with Gasteiger partial charge in [0, 0.05) is 68.9 Å². The summed E-state index contributed by atoms with van der Waals surface area (Å²) in [6.07, 6.45) is 5.91. The van der Waals surface area contributed by atoms with Crippen molar-refractivity contribution in [2.75, 3.05) is 57.8 Å². The molecule has 3 fully saturated rings. The number of anilines is 1. The van der Waals surface area contributed by atoms with Crippen LogP contribution in [0.4, 0.5) is 5.69 Å². The molecule has 48 heavy (non-hydrogen) atoms. The van der Waals surface area contributed by atoms with Crippen molar-refractivity contribution in [3.05, 3.63) is 65.9 Å². The van der Waals surface area contributed by atoms with Crippen molar-refractivity contribution in [3.8, 4) is 0 Å². The van der Waals surface area contributed by atoms with Gasteiger partial charge in [0.15, 0.2) is 0 Å². The molecule has 0 bridgehead atoms. The SMILES string of the molecule is CCOC(=O)C1CCN(C(=O)C2CN(S(=O)(=O)c3ccc4cc(Cl)ccc4c3)CC(=O)N2N(C)C2CCN(c3ccncc3)CC2)CC1. The molecule has 0 spiro atoms. The highest BCUT2D eigenvalue weighted by Gasteiger charge is 2.47. The van der Waals surface area contributed by atoms with E-state index in [4.69, 9.17) is 16.3 Å². The topological polar surface area (TPSA) is 124 Å². The van der Waals surface area contributed by atoms with Gasteiger partial charge in [-0.15, -0.1) is 0 Å². The van der Waals surface area contributed by atoms with E-state index in [1.807, 2.05) is 24.2 Å². The lowest BCUT2D eigenvalue weighted by Gasteiger charge is -2.49. The molecule has 4 heterocycles. The number of ether oxygens (including phenoxy) is 1. The normalized spacial score (nSPS) is 20.5. The Bertz CT molecular complexity index is 1760. The number of esters is 1. The third-order valence-electron chi connectivity index (χ3n) is 9.72. The highest BCUT2D eigenvalue weighted by atomic mass is 35.5. The van der Waals surface area contributed by atoms with Crippen molar-refractivity contribution < 1.29 is 27.5 Å². The van der Waals surface area contributed by atoms with Crippen LogP contribution in [0.1, 0.15) is 32.6 Å². The molecule has 12 nitrogen and oxygen atoms in total. The molecule has 0 saturated carbocycles. The maximum absolute atomic E-state index is 14.3. The zero-order valence-electron chi connectivity index (χ0n) is 27.2. The molecule has 6 rings (SSSR count). The predicted octanol–water partition coefficient (Wildman–Crippen LogP) is 3.41. The van der Waals surface area contributed by atoms with Gasteiger partial charge in [0.1, 0.15) is 6.04 Å². The second-order valence-corrected chi connectivity index (χ2v) is 14.9. The van der Waals surface area contributed by atoms with Crippen molar-refractivity contribution in [2.45, 2.75) is 49.6 Å². The minimum absolute atomic E-state index is 0.0349. The number of hydrogen-bond donors (Lipinski definition) is 0. The molecule has 2 amide bonds. The van der Waals surface area contributed by atoms with Crippen LogP contribution in [-0.2, 0) is 29.1 Å². The van der Waals surface area contributed by atoms with Crippen LogP contribution in [0.2, 0.25) is 5.02 Å². The van der Waals surface area contributed by atoms with Crippen LogP contribution in [0.3, 0.4) is 0 Å². The molecular formula is C34H41ClN6O6S. The first-order valence-electron chi connectivity index (χ1n) is 16.4. The first kappa shape index (κ1) is 34.1. The van der Waals surface area contributed by atoms with Crippen LogP contribution in [-0.4, -0.2) is 115 Å². The van der Waals surface area contributed by atoms with E-state index in [9.17, 15) is 22.8 Å². The quantitative estimate of drug-likeness (QED) is 0.326. The minimum atomic E-state index is -4.14. The summed E-state index contributed by atoms with van der Waals surface area (Å²) in [7, 11) is -2.33. The number of piperidine rings is 2. The van der Waals surface area contributed by atoms with Crippen LogP contribution < -0.4 is 4.90 Å². The maximum Gasteiger partial charge on any atom is 0.309 e. The molecule has 0 aliphatic carbocycles. The summed E-state index contributed by atoms with van der Waals surface area (Å²) in [5.41, 5.74) is 1.08. The molecule has 3 aliphatic heterocycles. The fourth-order valence-corrected chi connectivity index (χ4v) is 8.65. The number of amides is 2. The Morgan fingerprint density at radius 3 is 2.31 bits per heavy atom. The van der Waals surface area contributed by atoms with E-state index >= 15 is 0 Å². The molecule has 3 aromatic rings. The van der Waals surface area contributed by atoms with Crippen molar-refractivity contribution >= 4 is 55.9 Å². The lowest BCUT2D eigenvalue weighted by Crippen LogP contribution is -2.68. The monoisotopic (exact) mass is 696 g/mol. The fourth-order valence-electron chi connectivity index (χ4n) is 7.03. The van der Waals surface area contributed by atoms with E-state index in [1.54, 1.807) is 54.5 Å². The number of fused-ring (bicyclic) bond motifs is 1. The van der Waals surface area contributed by atoms with Gasteiger partial charge in [-0.05, 0) is 79.8 Å². The Balaban J connectivity index is 1.24. The molecule has 256 valence electrons. The smallest absolute Gasteiger partial charge is 0.309 e. The third kappa shape index (κ3) is 7.00. The highest BCUT2D eigenvalue weighted by molar-refractivity contribution is 7.89. The number of hydrazine groups is 1. The van der Waals surface area contributed by atoms with Gasteiger partial charge < -0.3 is 14.5 Å². The first-order chi connectivity index (χ1) is 23.1. The number of halogens is 1. The van der Waals surface area contributed by atoms with Crippen molar-refractivity contribution in [2.24, 2.45) is 5.92 Å². The van der Waals surface area contributed by atoms with Crippen LogP contribution in [0.25, 0.3) is 10.8 Å². The van der Waals surface area contributed by atoms with Crippen LogP contribution >= 0.6 is 11.6 Å². The Kier molecular flexibility index (Phi) is 10.2. The number of hydrogen-bond acceptors (Lipinski definition) is 9. The molecule has 0 radical (unpaired) electrons. The molecule has 1 unspecified atom stereocenters. The van der Waals surface area contributed by atoms with Crippen LogP contribution in [0.5, 0.6) is 0 Å². The number of sulfonamides is 1. The lowest BCUT2D eigenvalue weighted by atomic mass is 9.96. The molecule has 2 aromatic carbocycles. The van der Waals surface area contributed by atoms with Crippen molar-refractivity contribution in [1.82, 2.24) is 24.2 Å². The number of pyridine rings is 1. The zero-order valence-corrected chi connectivity index (χ0v) is 28.8. The summed E-state index contributed by atoms with van der Waals surface area (Å²) in [5.74, 6) is -1.37. The number of benzene rings is 2. The number of piperazine rings is 1. The van der Waals surface area contributed by atoms with E-state index in [0.717, 1.165) is 41.3 Å². The summed E-state index contributed by atoms with van der Waals surface area (Å²) >= 11 is 6.13. The molecule has 1 atom stereocenters. The number of nitrogens with zero attached hydrogens (tertiary/aromatic N) is 6. The summed E-state index contributed by atoms with van der Waals surface area (Å²) in [6.45, 7) is 3.62. The molecule has 1 aromatic heterocycles. The predicted molar refractivity (Wildman–Crippen MR) is 182 cm³/mol. The molecule has 3 saturated heterocycles. The summed E-state index contributed by atoms with van der Waals surface area (Å²) < 4.78 is 34.4. The second-order valence-electron chi connectivity index (χ2n) is 12.6. The summed E-state index contributed by atoms with van der Waals surface area (Å²) in [6, 6.07) is 12.8. The number of rotatable bonds is 8. The van der Waals surface area contributed by atoms with Crippen LogP contribution in [0, 0.1) is 5.92 Å². The van der Waals surface area contributed by atoms with E-state index in [2.05, 4.69) is 9.88 Å². The Hall–Kier alpha value is -3.78. The van der Waals surface area contributed by atoms with E-state index in [1.165, 1.54) is 11.1 Å². The largest absolute Gasteiger partial charge is 0.466 e. The summed E-state index contributed by atoms with van der Waals surface area (Å²) in [4.78, 5) is 48.7. The first-order valence-corrected chi connectivity index (χ1v) is 18.2. The fraction of sp³-hybridized carbons (Fsp3) is 0.471. The summed E-state index contributed by atoms with van der Waals surface area (Å²) in [5, 5.41) is 5.36. The average molecular weight is 697 g/mol. The standard InChI is InChI=1S/C34H41ClN6O6S/c1-3-47-34(44)24-10-16-39(17-11-24)33(43)31-22-40(48(45,46)30-7-5-25-20-27(35)6-4-26(25)21-30)23-32(42)41(31)37(2)28-12-18-38(19-13-28)29-8-14-36-15-9-29/h4-9,14-15,20-21,24,28,31H,3,10-13,16-19,22-23H2,1-2H3. The molecule has 0 N–H and O–H groups in total. The Morgan fingerprint density at radius 2 is 1.62 bits per heavy atom. The van der Waals surface area contributed by atoms with Crippen molar-refractivity contribution in [3.63, 3.8) is 0 Å². The Morgan fingerprint density at radius 1 is 0.958 bits per heavy atom. The maximum atomic E-state index is 14.3. The number of aromatic nitrogens is 1. The van der Waals surface area contributed by atoms with Gasteiger partial charge in [-0.2, -0.15) is 4.31 Å². The lowest BCUT2D eigenvalue weighted by molar-refractivity contribution is -0.175. The van der Waals surface area contributed by atoms with Gasteiger partial charge >= 0.3 is 5.97 Å². The van der Waals surface area contributed by atoms with E-state index < -0.39 is 28.5 Å². The minimum Gasteiger partial charge on any atom is -0.466 e. The molecular weight excluding hydrogens is 656 g/mol. The van der Waals surface area contributed by atoms with Gasteiger partial charge in [-0.25, -0.2) is 13.4 Å². The van der Waals surface area contributed by atoms with Gasteiger partial charge in [0.25, 0.3) is 5.91 Å². The van der Waals surface area contributed by atoms with Gasteiger partial charge in [-0.3, -0.25) is 24.4 Å². The third-order valence-corrected chi connectivity index (χ3v) is 11.8. The van der Waals surface area contributed by atoms with E-state index in [0.29, 0.717) is 42.9 Å². The number of carbonyl (C=O) groups is 3. The molecule has 14 heteroatoms. The van der Waals surface area contributed by atoms with Crippen molar-refractivity contribution in [1.29, 1.82) is 0 Å². The van der Waals surface area contributed by atoms with Gasteiger partial charge in [-0.1, -0.05) is 23.7 Å². The molecule has 3 aliphatic rings. The van der Waals surface area contributed by atoms with Gasteiger partial charge in [0.05, 0.1) is 24.0 Å². The van der Waals surface area contributed by atoms with Gasteiger partial charge in [0.2, 0.25) is 15.9 Å².